The number of halogens is 1. The zero-order valence-corrected chi connectivity index (χ0v) is 16.2. The van der Waals surface area contributed by atoms with Crippen LogP contribution in [0.1, 0.15) is 19.8 Å². The van der Waals surface area contributed by atoms with Crippen LogP contribution in [-0.4, -0.2) is 73.5 Å². The Labute approximate surface area is 164 Å². The highest BCUT2D eigenvalue weighted by atomic mass is 19.1. The predicted molar refractivity (Wildman–Crippen MR) is 104 cm³/mol. The Morgan fingerprint density at radius 1 is 0.964 bits per heavy atom. The number of anilines is 1. The smallest absolute Gasteiger partial charge is 0.321 e. The number of piperazine rings is 1. The van der Waals surface area contributed by atoms with Crippen molar-refractivity contribution in [3.8, 4) is 0 Å². The highest BCUT2D eigenvalue weighted by Gasteiger charge is 2.21. The summed E-state index contributed by atoms with van der Waals surface area (Å²) in [5, 5.41) is 7.70. The number of benzene rings is 1. The lowest BCUT2D eigenvalue weighted by Gasteiger charge is -2.33. The highest BCUT2D eigenvalue weighted by molar-refractivity contribution is 5.95. The molecule has 154 valence electrons. The standard InChI is InChI=1S/C19H28FN5O3/c1-2-3-8-21-19(28)23-18(27)14-25-11-9-24(10-12-25)13-17(26)22-16-6-4-15(20)5-7-16/h4-7H,2-3,8-14H2,1H3,(H,22,26)(H2,21,23,27,28). The number of urea groups is 1. The molecule has 0 atom stereocenters. The Kier molecular flexibility index (Phi) is 8.83. The van der Waals surface area contributed by atoms with Gasteiger partial charge < -0.3 is 10.6 Å². The first-order chi connectivity index (χ1) is 13.5. The Balaban J connectivity index is 1.63. The summed E-state index contributed by atoms with van der Waals surface area (Å²) in [7, 11) is 0. The first kappa shape index (κ1) is 21.8. The van der Waals surface area contributed by atoms with Gasteiger partial charge in [-0.15, -0.1) is 0 Å². The first-order valence-electron chi connectivity index (χ1n) is 9.54. The van der Waals surface area contributed by atoms with Crippen molar-refractivity contribution >= 4 is 23.5 Å². The number of unbranched alkanes of at least 4 members (excludes halogenated alkanes) is 1. The SMILES string of the molecule is CCCCNC(=O)NC(=O)CN1CCN(CC(=O)Nc2ccc(F)cc2)CC1. The van der Waals surface area contributed by atoms with E-state index in [4.69, 9.17) is 0 Å². The van der Waals surface area contributed by atoms with E-state index in [-0.39, 0.29) is 30.7 Å². The molecule has 1 aliphatic heterocycles. The molecule has 4 amide bonds. The van der Waals surface area contributed by atoms with Crippen molar-refractivity contribution in [2.45, 2.75) is 19.8 Å². The minimum absolute atomic E-state index is 0.150. The van der Waals surface area contributed by atoms with E-state index < -0.39 is 6.03 Å². The summed E-state index contributed by atoms with van der Waals surface area (Å²) in [6, 6.07) is 5.16. The monoisotopic (exact) mass is 393 g/mol. The lowest BCUT2D eigenvalue weighted by atomic mass is 10.3. The van der Waals surface area contributed by atoms with E-state index >= 15 is 0 Å². The molecule has 1 aliphatic rings. The van der Waals surface area contributed by atoms with Gasteiger partial charge in [0.05, 0.1) is 13.1 Å². The number of carbonyl (C=O) groups is 3. The molecule has 1 fully saturated rings. The number of nitrogens with zero attached hydrogens (tertiary/aromatic N) is 2. The van der Waals surface area contributed by atoms with E-state index in [1.165, 1.54) is 24.3 Å². The number of hydrogen-bond acceptors (Lipinski definition) is 5. The molecule has 2 rings (SSSR count). The number of rotatable bonds is 8. The van der Waals surface area contributed by atoms with Gasteiger partial charge in [-0.25, -0.2) is 9.18 Å². The summed E-state index contributed by atoms with van der Waals surface area (Å²) < 4.78 is 12.9. The van der Waals surface area contributed by atoms with Gasteiger partial charge >= 0.3 is 6.03 Å². The van der Waals surface area contributed by atoms with Crippen LogP contribution in [0, 0.1) is 5.82 Å². The quantitative estimate of drug-likeness (QED) is 0.573. The van der Waals surface area contributed by atoms with E-state index in [9.17, 15) is 18.8 Å². The summed E-state index contributed by atoms with van der Waals surface area (Å²) in [6.45, 7) is 5.52. The van der Waals surface area contributed by atoms with Gasteiger partial charge in [0.2, 0.25) is 11.8 Å². The van der Waals surface area contributed by atoms with Crippen molar-refractivity contribution in [2.24, 2.45) is 0 Å². The van der Waals surface area contributed by atoms with Crippen molar-refractivity contribution in [2.75, 3.05) is 51.1 Å². The van der Waals surface area contributed by atoms with Crippen molar-refractivity contribution in [1.82, 2.24) is 20.4 Å². The summed E-state index contributed by atoms with van der Waals surface area (Å²) in [4.78, 5) is 39.5. The van der Waals surface area contributed by atoms with Gasteiger partial charge in [-0.3, -0.25) is 24.7 Å². The van der Waals surface area contributed by atoms with Crippen LogP contribution in [0.15, 0.2) is 24.3 Å². The number of nitrogens with one attached hydrogen (secondary N) is 3. The third-order valence-corrected chi connectivity index (χ3v) is 4.40. The van der Waals surface area contributed by atoms with Crippen LogP contribution in [0.2, 0.25) is 0 Å². The summed E-state index contributed by atoms with van der Waals surface area (Å²) in [6.07, 6.45) is 1.85. The Hall–Kier alpha value is -2.52. The molecule has 0 radical (unpaired) electrons. The minimum atomic E-state index is -0.463. The fourth-order valence-corrected chi connectivity index (χ4v) is 2.83. The summed E-state index contributed by atoms with van der Waals surface area (Å²) >= 11 is 0. The maximum Gasteiger partial charge on any atom is 0.321 e. The molecule has 3 N–H and O–H groups in total. The molecule has 9 heteroatoms. The number of carbonyl (C=O) groups excluding carboxylic acids is 3. The maximum absolute atomic E-state index is 12.9. The molecule has 1 heterocycles. The molecule has 0 bridgehead atoms. The molecule has 1 aromatic rings. The first-order valence-corrected chi connectivity index (χ1v) is 9.54. The molecule has 1 saturated heterocycles. The normalized spacial score (nSPS) is 15.1. The predicted octanol–water partition coefficient (Wildman–Crippen LogP) is 1.01. The molecule has 28 heavy (non-hydrogen) atoms. The number of amides is 4. The van der Waals surface area contributed by atoms with Crippen LogP contribution >= 0.6 is 0 Å². The highest BCUT2D eigenvalue weighted by Crippen LogP contribution is 2.08. The molecule has 0 aliphatic carbocycles. The molecule has 0 unspecified atom stereocenters. The number of imide groups is 1. The van der Waals surface area contributed by atoms with Crippen molar-refractivity contribution < 1.29 is 18.8 Å². The largest absolute Gasteiger partial charge is 0.338 e. The second kappa shape index (κ2) is 11.4. The third kappa shape index (κ3) is 8.01. The minimum Gasteiger partial charge on any atom is -0.338 e. The van der Waals surface area contributed by atoms with E-state index in [2.05, 4.69) is 16.0 Å². The third-order valence-electron chi connectivity index (χ3n) is 4.40. The second-order valence-corrected chi connectivity index (χ2v) is 6.76. The van der Waals surface area contributed by atoms with Crippen LogP contribution in [0.25, 0.3) is 0 Å². The Bertz CT molecular complexity index is 660. The van der Waals surface area contributed by atoms with Gasteiger partial charge in [-0.05, 0) is 30.7 Å². The van der Waals surface area contributed by atoms with E-state index in [1.54, 1.807) is 0 Å². The van der Waals surface area contributed by atoms with Gasteiger partial charge in [0.25, 0.3) is 0 Å². The number of hydrogen-bond donors (Lipinski definition) is 3. The topological polar surface area (TPSA) is 93.8 Å². The van der Waals surface area contributed by atoms with Crippen molar-refractivity contribution in [1.29, 1.82) is 0 Å². The second-order valence-electron chi connectivity index (χ2n) is 6.76. The zero-order valence-electron chi connectivity index (χ0n) is 16.2. The van der Waals surface area contributed by atoms with Crippen molar-refractivity contribution in [3.63, 3.8) is 0 Å². The molecule has 0 saturated carbocycles. The van der Waals surface area contributed by atoms with Crippen molar-refractivity contribution in [3.05, 3.63) is 30.1 Å². The maximum atomic E-state index is 12.9. The van der Waals surface area contributed by atoms with Crippen LogP contribution < -0.4 is 16.0 Å². The van der Waals surface area contributed by atoms with E-state index in [0.717, 1.165) is 12.8 Å². The van der Waals surface area contributed by atoms with Gasteiger partial charge in [0, 0.05) is 38.4 Å². The van der Waals surface area contributed by atoms with Gasteiger partial charge in [0.1, 0.15) is 5.82 Å². The molecule has 1 aromatic carbocycles. The van der Waals surface area contributed by atoms with Crippen LogP contribution in [0.3, 0.4) is 0 Å². The Morgan fingerprint density at radius 3 is 2.11 bits per heavy atom. The van der Waals surface area contributed by atoms with Crippen LogP contribution in [0.5, 0.6) is 0 Å². The summed E-state index contributed by atoms with van der Waals surface area (Å²) in [5.41, 5.74) is 0.555. The molecular weight excluding hydrogens is 365 g/mol. The average Bonchev–Trinajstić information content (AvgIpc) is 2.65. The van der Waals surface area contributed by atoms with Gasteiger partial charge in [-0.2, -0.15) is 0 Å². The van der Waals surface area contributed by atoms with E-state index in [1.807, 2.05) is 16.7 Å². The van der Waals surface area contributed by atoms with Gasteiger partial charge in [-0.1, -0.05) is 13.3 Å². The lowest BCUT2D eigenvalue weighted by Crippen LogP contribution is -2.52. The molecule has 0 aromatic heterocycles. The fraction of sp³-hybridized carbons (Fsp3) is 0.526. The molecular formula is C19H28FN5O3. The lowest BCUT2D eigenvalue weighted by molar-refractivity contribution is -0.122. The zero-order chi connectivity index (χ0) is 20.4. The van der Waals surface area contributed by atoms with Crippen LogP contribution in [0.4, 0.5) is 14.9 Å². The van der Waals surface area contributed by atoms with Crippen LogP contribution in [-0.2, 0) is 9.59 Å². The fourth-order valence-electron chi connectivity index (χ4n) is 2.83. The van der Waals surface area contributed by atoms with Gasteiger partial charge in [0.15, 0.2) is 0 Å². The molecule has 0 spiro atoms. The van der Waals surface area contributed by atoms with E-state index in [0.29, 0.717) is 38.4 Å². The summed E-state index contributed by atoms with van der Waals surface area (Å²) in [5.74, 6) is -0.852. The molecule has 8 nitrogen and oxygen atoms in total. The Morgan fingerprint density at radius 2 is 1.54 bits per heavy atom. The average molecular weight is 393 g/mol.